The maximum absolute atomic E-state index is 14.1. The fourth-order valence-corrected chi connectivity index (χ4v) is 5.91. The summed E-state index contributed by atoms with van der Waals surface area (Å²) in [5.41, 5.74) is -0.497. The number of Topliss-reactive ketones (excluding diaryl/α,β-unsaturated/α-hetero) is 1. The van der Waals surface area contributed by atoms with Crippen LogP contribution in [0.15, 0.2) is 18.2 Å². The first kappa shape index (κ1) is 17.5. The minimum atomic E-state index is -0.847. The van der Waals surface area contributed by atoms with Gasteiger partial charge in [0.05, 0.1) is 12.7 Å². The summed E-state index contributed by atoms with van der Waals surface area (Å²) in [7, 11) is 1.43. The first-order chi connectivity index (χ1) is 12.4. The Bertz CT molecular complexity index is 706. The van der Waals surface area contributed by atoms with Gasteiger partial charge in [-0.15, -0.1) is 0 Å². The van der Waals surface area contributed by atoms with Crippen molar-refractivity contribution in [2.75, 3.05) is 7.11 Å². The van der Waals surface area contributed by atoms with Gasteiger partial charge in [-0.1, -0.05) is 0 Å². The van der Waals surface area contributed by atoms with E-state index in [-0.39, 0.29) is 16.8 Å². The lowest BCUT2D eigenvalue weighted by atomic mass is 9.48. The maximum atomic E-state index is 14.1. The van der Waals surface area contributed by atoms with Gasteiger partial charge in [0, 0.05) is 11.5 Å². The lowest BCUT2D eigenvalue weighted by molar-refractivity contribution is -0.152. The van der Waals surface area contributed by atoms with E-state index in [1.165, 1.54) is 38.5 Å². The van der Waals surface area contributed by atoms with Crippen molar-refractivity contribution in [3.63, 3.8) is 0 Å². The molecule has 1 aromatic carbocycles. The Hall–Kier alpha value is -1.91. The minimum Gasteiger partial charge on any atom is -0.497 e. The number of hydrogen-bond acceptors (Lipinski definition) is 4. The summed E-state index contributed by atoms with van der Waals surface area (Å²) >= 11 is 0. The molecule has 0 saturated heterocycles. The van der Waals surface area contributed by atoms with Crippen LogP contribution in [-0.4, -0.2) is 25.0 Å². The second-order valence-corrected chi connectivity index (χ2v) is 8.46. The summed E-state index contributed by atoms with van der Waals surface area (Å²) in [6, 6.07) is 3.98. The van der Waals surface area contributed by atoms with E-state index in [9.17, 15) is 14.0 Å². The highest BCUT2D eigenvalue weighted by molar-refractivity contribution is 5.95. The molecule has 0 radical (unpaired) electrons. The quantitative estimate of drug-likeness (QED) is 0.740. The molecule has 0 aliphatic heterocycles. The highest BCUT2D eigenvalue weighted by atomic mass is 19.1. The van der Waals surface area contributed by atoms with Crippen molar-refractivity contribution >= 4 is 11.8 Å². The molecule has 0 amide bonds. The van der Waals surface area contributed by atoms with E-state index in [0.29, 0.717) is 23.5 Å². The van der Waals surface area contributed by atoms with Crippen molar-refractivity contribution in [1.82, 2.24) is 0 Å². The van der Waals surface area contributed by atoms with E-state index in [0.717, 1.165) is 25.3 Å². The lowest BCUT2D eigenvalue weighted by Crippen LogP contribution is -2.52. The van der Waals surface area contributed by atoms with Crippen molar-refractivity contribution in [2.45, 2.75) is 51.6 Å². The van der Waals surface area contributed by atoms with Gasteiger partial charge in [0.15, 0.2) is 11.9 Å². The zero-order chi connectivity index (χ0) is 18.5. The van der Waals surface area contributed by atoms with Gasteiger partial charge in [0.25, 0.3) is 0 Å². The number of methoxy groups -OCH3 is 1. The van der Waals surface area contributed by atoms with Crippen LogP contribution in [0.2, 0.25) is 0 Å². The van der Waals surface area contributed by atoms with Gasteiger partial charge in [-0.3, -0.25) is 4.79 Å². The normalized spacial score (nSPS) is 33.0. The zero-order valence-corrected chi connectivity index (χ0v) is 15.3. The van der Waals surface area contributed by atoms with Gasteiger partial charge in [-0.05, 0) is 75.3 Å². The maximum Gasteiger partial charge on any atom is 0.341 e. The van der Waals surface area contributed by atoms with E-state index < -0.39 is 17.9 Å². The van der Waals surface area contributed by atoms with E-state index in [1.807, 2.05) is 0 Å². The molecule has 26 heavy (non-hydrogen) atoms. The van der Waals surface area contributed by atoms with E-state index in [2.05, 4.69) is 0 Å². The topological polar surface area (TPSA) is 52.6 Å². The Labute approximate surface area is 153 Å². The summed E-state index contributed by atoms with van der Waals surface area (Å²) in [6.45, 7) is 1.63. The number of rotatable bonds is 5. The molecule has 5 heteroatoms. The number of hydrogen-bond donors (Lipinski definition) is 0. The second-order valence-electron chi connectivity index (χ2n) is 8.46. The molecule has 0 N–H and O–H groups in total. The second kappa shape index (κ2) is 6.36. The third kappa shape index (κ3) is 2.91. The number of benzene rings is 1. The molecule has 4 nitrogen and oxygen atoms in total. The molecule has 4 aliphatic rings. The lowest BCUT2D eigenvalue weighted by Gasteiger charge is -2.56. The van der Waals surface area contributed by atoms with Crippen LogP contribution < -0.4 is 4.74 Å². The fraction of sp³-hybridized carbons (Fsp3) is 0.619. The number of esters is 1. The number of ether oxygens (including phenoxy) is 2. The van der Waals surface area contributed by atoms with Crippen LogP contribution in [0.3, 0.4) is 0 Å². The Morgan fingerprint density at radius 1 is 1.12 bits per heavy atom. The summed E-state index contributed by atoms with van der Waals surface area (Å²) in [5, 5.41) is 0. The van der Waals surface area contributed by atoms with Crippen LogP contribution in [-0.2, 0) is 9.53 Å². The highest BCUT2D eigenvalue weighted by Gasteiger charge is 2.55. The minimum absolute atomic E-state index is 0.0267. The number of halogens is 1. The van der Waals surface area contributed by atoms with Crippen molar-refractivity contribution in [2.24, 2.45) is 23.2 Å². The monoisotopic (exact) mass is 360 g/mol. The first-order valence-electron chi connectivity index (χ1n) is 9.49. The standard InChI is InChI=1S/C21H25FO4/c1-12(26-20(24)17-4-3-16(25-2)8-18(17)22)19(23)21-9-13-5-14(10-21)7-15(6-13)11-21/h3-4,8,12-15H,5-7,9-11H2,1-2H3. The van der Waals surface area contributed by atoms with Gasteiger partial charge in [-0.2, -0.15) is 0 Å². The fourth-order valence-electron chi connectivity index (χ4n) is 5.91. The van der Waals surface area contributed by atoms with Crippen molar-refractivity contribution in [1.29, 1.82) is 0 Å². The number of carbonyl (C=O) groups excluding carboxylic acids is 2. The average Bonchev–Trinajstić information content (AvgIpc) is 2.59. The van der Waals surface area contributed by atoms with Crippen molar-refractivity contribution in [3.8, 4) is 5.75 Å². The van der Waals surface area contributed by atoms with Crippen molar-refractivity contribution in [3.05, 3.63) is 29.6 Å². The summed E-state index contributed by atoms with van der Waals surface area (Å²) in [6.07, 6.45) is 5.68. The van der Waals surface area contributed by atoms with Crippen LogP contribution in [0, 0.1) is 29.0 Å². The van der Waals surface area contributed by atoms with Crippen LogP contribution in [0.1, 0.15) is 55.8 Å². The molecule has 4 bridgehead atoms. The molecule has 0 heterocycles. The molecular formula is C21H25FO4. The van der Waals surface area contributed by atoms with Crippen LogP contribution in [0.25, 0.3) is 0 Å². The Balaban J connectivity index is 1.47. The molecule has 4 saturated carbocycles. The molecule has 0 aromatic heterocycles. The largest absolute Gasteiger partial charge is 0.497 e. The number of ketones is 1. The van der Waals surface area contributed by atoms with Crippen LogP contribution >= 0.6 is 0 Å². The predicted octanol–water partition coefficient (Wildman–Crippen LogP) is 4.17. The molecular weight excluding hydrogens is 335 g/mol. The summed E-state index contributed by atoms with van der Waals surface area (Å²) in [5.74, 6) is 0.793. The third-order valence-electron chi connectivity index (χ3n) is 6.61. The van der Waals surface area contributed by atoms with Gasteiger partial charge in [0.1, 0.15) is 11.6 Å². The molecule has 0 spiro atoms. The molecule has 1 unspecified atom stereocenters. The van der Waals surface area contributed by atoms with Gasteiger partial charge in [0.2, 0.25) is 0 Å². The van der Waals surface area contributed by atoms with Gasteiger partial charge in [-0.25, -0.2) is 9.18 Å². The van der Waals surface area contributed by atoms with E-state index in [1.54, 1.807) is 6.92 Å². The van der Waals surface area contributed by atoms with Crippen LogP contribution in [0.5, 0.6) is 5.75 Å². The third-order valence-corrected chi connectivity index (χ3v) is 6.61. The smallest absolute Gasteiger partial charge is 0.341 e. The summed E-state index contributed by atoms with van der Waals surface area (Å²) < 4.78 is 24.4. The zero-order valence-electron chi connectivity index (χ0n) is 15.3. The van der Waals surface area contributed by atoms with E-state index in [4.69, 9.17) is 9.47 Å². The molecule has 5 rings (SSSR count). The first-order valence-corrected chi connectivity index (χ1v) is 9.49. The molecule has 4 fully saturated rings. The van der Waals surface area contributed by atoms with E-state index >= 15 is 0 Å². The Kier molecular flexibility index (Phi) is 4.28. The average molecular weight is 360 g/mol. The SMILES string of the molecule is COc1ccc(C(=O)OC(C)C(=O)C23CC4CC(CC(C4)C2)C3)c(F)c1. The van der Waals surface area contributed by atoms with Gasteiger partial charge >= 0.3 is 5.97 Å². The van der Waals surface area contributed by atoms with Crippen molar-refractivity contribution < 1.29 is 23.5 Å². The van der Waals surface area contributed by atoms with Crippen LogP contribution in [0.4, 0.5) is 4.39 Å². The summed E-state index contributed by atoms with van der Waals surface area (Å²) in [4.78, 5) is 25.5. The molecule has 1 atom stereocenters. The Morgan fingerprint density at radius 3 is 2.19 bits per heavy atom. The van der Waals surface area contributed by atoms with Gasteiger partial charge < -0.3 is 9.47 Å². The molecule has 1 aromatic rings. The molecule has 4 aliphatic carbocycles. The number of carbonyl (C=O) groups is 2. The predicted molar refractivity (Wildman–Crippen MR) is 93.4 cm³/mol. The molecule has 140 valence electrons. The highest BCUT2D eigenvalue weighted by Crippen LogP contribution is 2.60. The Morgan fingerprint density at radius 2 is 1.69 bits per heavy atom.